The third-order valence-electron chi connectivity index (χ3n) is 6.66. The van der Waals surface area contributed by atoms with E-state index in [1.54, 1.807) is 0 Å². The first-order chi connectivity index (χ1) is 12.5. The van der Waals surface area contributed by atoms with Crippen molar-refractivity contribution < 1.29 is 4.79 Å². The van der Waals surface area contributed by atoms with Crippen molar-refractivity contribution in [3.63, 3.8) is 0 Å². The summed E-state index contributed by atoms with van der Waals surface area (Å²) in [7, 11) is 2.14. The van der Waals surface area contributed by atoms with Crippen LogP contribution in [0.3, 0.4) is 0 Å². The highest BCUT2D eigenvalue weighted by atomic mass is 16.1. The molecule has 2 fully saturated rings. The Kier molecular flexibility index (Phi) is 6.36. The quantitative estimate of drug-likeness (QED) is 0.821. The van der Waals surface area contributed by atoms with Crippen LogP contribution in [0.1, 0.15) is 57.1 Å². The first-order valence-corrected chi connectivity index (χ1v) is 10.3. The highest BCUT2D eigenvalue weighted by Gasteiger charge is 2.40. The fourth-order valence-corrected chi connectivity index (χ4v) is 4.67. The van der Waals surface area contributed by atoms with Crippen LogP contribution in [0.25, 0.3) is 0 Å². The van der Waals surface area contributed by atoms with Crippen LogP contribution in [0.4, 0.5) is 0 Å². The molecule has 2 bridgehead atoms. The van der Waals surface area contributed by atoms with Gasteiger partial charge in [0.05, 0.1) is 0 Å². The molecule has 3 rings (SSSR count). The van der Waals surface area contributed by atoms with E-state index in [0.717, 1.165) is 19.4 Å². The highest BCUT2D eigenvalue weighted by Crippen LogP contribution is 2.41. The van der Waals surface area contributed by atoms with Gasteiger partial charge in [-0.15, -0.1) is 0 Å². The van der Waals surface area contributed by atoms with E-state index in [1.165, 1.54) is 30.4 Å². The lowest BCUT2D eigenvalue weighted by Crippen LogP contribution is -2.49. The fourth-order valence-electron chi connectivity index (χ4n) is 4.67. The Bertz CT molecular complexity index is 601. The van der Waals surface area contributed by atoms with Crippen LogP contribution in [-0.4, -0.2) is 29.9 Å². The average molecular weight is 358 g/mol. The largest absolute Gasteiger partial charge is 0.352 e. The van der Waals surface area contributed by atoms with Gasteiger partial charge in [0.15, 0.2) is 0 Å². The van der Waals surface area contributed by atoms with Gasteiger partial charge < -0.3 is 11.1 Å². The van der Waals surface area contributed by atoms with Crippen molar-refractivity contribution in [2.45, 2.75) is 71.1 Å². The number of hydrogen-bond acceptors (Lipinski definition) is 3. The molecule has 3 N–H and O–H groups in total. The summed E-state index contributed by atoms with van der Waals surface area (Å²) in [6, 6.07) is 9.27. The molecule has 1 amide bonds. The van der Waals surface area contributed by atoms with Crippen LogP contribution in [0.5, 0.6) is 0 Å². The Morgan fingerprint density at radius 1 is 1.19 bits per heavy atom. The summed E-state index contributed by atoms with van der Waals surface area (Å²) in [4.78, 5) is 15.1. The first kappa shape index (κ1) is 19.4. The zero-order chi connectivity index (χ0) is 18.7. The number of carbonyl (C=O) groups is 1. The minimum atomic E-state index is 0.149. The molecule has 0 aromatic heterocycles. The Balaban J connectivity index is 1.58. The minimum Gasteiger partial charge on any atom is -0.352 e. The molecule has 144 valence electrons. The molecule has 0 heterocycles. The lowest BCUT2D eigenvalue weighted by atomic mass is 9.65. The number of fused-ring (bicyclic) bond motifs is 2. The third-order valence-corrected chi connectivity index (χ3v) is 6.66. The summed E-state index contributed by atoms with van der Waals surface area (Å²) in [5, 5.41) is 3.22. The fraction of sp³-hybridized carbons (Fsp3) is 0.682. The molecule has 26 heavy (non-hydrogen) atoms. The summed E-state index contributed by atoms with van der Waals surface area (Å²) in [6.07, 6.45) is 5.63. The van der Waals surface area contributed by atoms with Gasteiger partial charge in [0.2, 0.25) is 5.91 Å². The molecular weight excluding hydrogens is 322 g/mol. The van der Waals surface area contributed by atoms with Gasteiger partial charge in [-0.3, -0.25) is 9.69 Å². The van der Waals surface area contributed by atoms with Crippen LogP contribution >= 0.6 is 0 Å². The van der Waals surface area contributed by atoms with Gasteiger partial charge in [0.25, 0.3) is 0 Å². The number of amides is 1. The van der Waals surface area contributed by atoms with Gasteiger partial charge in [-0.2, -0.15) is 0 Å². The van der Waals surface area contributed by atoms with Gasteiger partial charge in [0, 0.05) is 31.1 Å². The van der Waals surface area contributed by atoms with E-state index in [1.807, 2.05) is 0 Å². The van der Waals surface area contributed by atoms with Crippen LogP contribution in [0, 0.1) is 17.8 Å². The topological polar surface area (TPSA) is 58.4 Å². The summed E-state index contributed by atoms with van der Waals surface area (Å²) >= 11 is 0. The smallest absolute Gasteiger partial charge is 0.223 e. The third kappa shape index (κ3) is 4.47. The lowest BCUT2D eigenvalue weighted by molar-refractivity contribution is -0.128. The van der Waals surface area contributed by atoms with E-state index in [-0.39, 0.29) is 11.8 Å². The SMILES string of the molecule is CC(C)N(C)Cc1ccccc1CNC(=O)C1CC2CCCC(C1)C2N. The van der Waals surface area contributed by atoms with Crippen molar-refractivity contribution in [1.29, 1.82) is 0 Å². The molecule has 4 heteroatoms. The van der Waals surface area contributed by atoms with Crippen LogP contribution in [0.2, 0.25) is 0 Å². The molecule has 2 aliphatic carbocycles. The Morgan fingerprint density at radius 3 is 2.42 bits per heavy atom. The highest BCUT2D eigenvalue weighted by molar-refractivity contribution is 5.78. The Morgan fingerprint density at radius 2 is 1.81 bits per heavy atom. The Hall–Kier alpha value is -1.39. The van der Waals surface area contributed by atoms with Gasteiger partial charge in [-0.25, -0.2) is 0 Å². The van der Waals surface area contributed by atoms with Crippen LogP contribution in [0.15, 0.2) is 24.3 Å². The second kappa shape index (κ2) is 8.53. The van der Waals surface area contributed by atoms with E-state index in [4.69, 9.17) is 5.73 Å². The number of carbonyl (C=O) groups excluding carboxylic acids is 1. The summed E-state index contributed by atoms with van der Waals surface area (Å²) in [5.74, 6) is 1.46. The normalized spacial score (nSPS) is 28.4. The molecule has 2 saturated carbocycles. The van der Waals surface area contributed by atoms with Crippen molar-refractivity contribution in [1.82, 2.24) is 10.2 Å². The van der Waals surface area contributed by atoms with Crippen molar-refractivity contribution >= 4 is 5.91 Å². The molecule has 0 radical (unpaired) electrons. The van der Waals surface area contributed by atoms with Gasteiger partial charge in [-0.1, -0.05) is 30.7 Å². The van der Waals surface area contributed by atoms with E-state index in [0.29, 0.717) is 30.5 Å². The first-order valence-electron chi connectivity index (χ1n) is 10.3. The van der Waals surface area contributed by atoms with E-state index in [2.05, 4.69) is 55.4 Å². The van der Waals surface area contributed by atoms with Crippen molar-refractivity contribution in [3.8, 4) is 0 Å². The molecule has 1 aromatic carbocycles. The van der Waals surface area contributed by atoms with Crippen molar-refractivity contribution in [2.75, 3.05) is 7.05 Å². The molecule has 2 atom stereocenters. The standard InChI is InChI=1S/C22H35N3O/c1-15(2)25(3)14-19-8-5-4-7-18(19)13-24-22(26)20-11-16-9-6-10-17(12-20)21(16)23/h4-5,7-8,15-17,20-21H,6,9-14,23H2,1-3H3,(H,24,26). The number of nitrogens with two attached hydrogens (primary N) is 1. The lowest BCUT2D eigenvalue weighted by Gasteiger charge is -2.43. The second-order valence-electron chi connectivity index (χ2n) is 8.69. The number of hydrogen-bond donors (Lipinski definition) is 2. The molecule has 2 unspecified atom stereocenters. The number of benzene rings is 1. The van der Waals surface area contributed by atoms with E-state index >= 15 is 0 Å². The Labute approximate surface area is 158 Å². The predicted octanol–water partition coefficient (Wildman–Crippen LogP) is 3.30. The zero-order valence-corrected chi connectivity index (χ0v) is 16.6. The summed E-state index contributed by atoms with van der Waals surface area (Å²) < 4.78 is 0. The molecule has 2 aliphatic rings. The molecular formula is C22H35N3O. The minimum absolute atomic E-state index is 0.149. The van der Waals surface area contributed by atoms with E-state index < -0.39 is 0 Å². The number of nitrogens with zero attached hydrogens (tertiary/aromatic N) is 1. The maximum Gasteiger partial charge on any atom is 0.223 e. The van der Waals surface area contributed by atoms with Crippen molar-refractivity contribution in [2.24, 2.45) is 23.5 Å². The summed E-state index contributed by atoms with van der Waals surface area (Å²) in [6.45, 7) is 5.94. The molecule has 0 aliphatic heterocycles. The predicted molar refractivity (Wildman–Crippen MR) is 106 cm³/mol. The van der Waals surface area contributed by atoms with E-state index in [9.17, 15) is 4.79 Å². The monoisotopic (exact) mass is 357 g/mol. The summed E-state index contributed by atoms with van der Waals surface area (Å²) in [5.41, 5.74) is 8.89. The van der Waals surface area contributed by atoms with Crippen molar-refractivity contribution in [3.05, 3.63) is 35.4 Å². The maximum absolute atomic E-state index is 12.8. The number of rotatable bonds is 6. The maximum atomic E-state index is 12.8. The molecule has 0 spiro atoms. The second-order valence-corrected chi connectivity index (χ2v) is 8.69. The van der Waals surface area contributed by atoms with Gasteiger partial charge in [0.1, 0.15) is 0 Å². The molecule has 1 aromatic rings. The van der Waals surface area contributed by atoms with Gasteiger partial charge in [-0.05, 0) is 69.5 Å². The molecule has 0 saturated heterocycles. The zero-order valence-electron chi connectivity index (χ0n) is 16.6. The number of nitrogens with one attached hydrogen (secondary N) is 1. The van der Waals surface area contributed by atoms with Crippen LogP contribution < -0.4 is 11.1 Å². The van der Waals surface area contributed by atoms with Crippen LogP contribution in [-0.2, 0) is 17.9 Å². The molecule has 4 nitrogen and oxygen atoms in total. The van der Waals surface area contributed by atoms with Gasteiger partial charge >= 0.3 is 0 Å². The average Bonchev–Trinajstić information content (AvgIpc) is 2.60.